The molecular formula is C18H26FN3O2. The molecule has 0 bridgehead atoms. The van der Waals surface area contributed by atoms with Gasteiger partial charge in [-0.15, -0.1) is 0 Å². The summed E-state index contributed by atoms with van der Waals surface area (Å²) in [6, 6.07) is 5.48. The van der Waals surface area contributed by atoms with Gasteiger partial charge in [-0.2, -0.15) is 0 Å². The Bertz CT molecular complexity index is 591. The fourth-order valence-electron chi connectivity index (χ4n) is 2.99. The molecule has 0 saturated carbocycles. The van der Waals surface area contributed by atoms with Crippen LogP contribution in [0, 0.1) is 11.7 Å². The molecule has 1 aliphatic heterocycles. The standard InChI is InChI=1S/C18H26FN3O2/c1-13(2)12-16(20)18(24)22-9-5-8-21(10-11-22)17(23)14-6-3-4-7-15(14)19/h3-4,6-7,13,16H,5,8-12,20H2,1-2H3/t16-/m0/s1. The first-order valence-corrected chi connectivity index (χ1v) is 8.48. The Hall–Kier alpha value is -1.95. The van der Waals surface area contributed by atoms with Crippen molar-refractivity contribution in [3.8, 4) is 0 Å². The molecule has 6 heteroatoms. The minimum atomic E-state index is -0.515. The number of carbonyl (C=O) groups is 2. The van der Waals surface area contributed by atoms with Gasteiger partial charge in [0.25, 0.3) is 5.91 Å². The summed E-state index contributed by atoms with van der Waals surface area (Å²) in [5, 5.41) is 0. The topological polar surface area (TPSA) is 66.6 Å². The third-order valence-electron chi connectivity index (χ3n) is 4.24. The second-order valence-electron chi connectivity index (χ2n) is 6.69. The van der Waals surface area contributed by atoms with Crippen LogP contribution >= 0.6 is 0 Å². The van der Waals surface area contributed by atoms with Crippen LogP contribution in [0.15, 0.2) is 24.3 Å². The lowest BCUT2D eigenvalue weighted by Gasteiger charge is -2.25. The van der Waals surface area contributed by atoms with E-state index in [9.17, 15) is 14.0 Å². The van der Waals surface area contributed by atoms with Gasteiger partial charge in [0.2, 0.25) is 5.91 Å². The molecule has 0 radical (unpaired) electrons. The molecule has 0 aliphatic carbocycles. The van der Waals surface area contributed by atoms with Crippen LogP contribution in [0.25, 0.3) is 0 Å². The van der Waals surface area contributed by atoms with Gasteiger partial charge in [0.1, 0.15) is 5.82 Å². The molecular weight excluding hydrogens is 309 g/mol. The highest BCUT2D eigenvalue weighted by atomic mass is 19.1. The Morgan fingerprint density at radius 2 is 1.75 bits per heavy atom. The van der Waals surface area contributed by atoms with Crippen molar-refractivity contribution in [1.29, 1.82) is 0 Å². The van der Waals surface area contributed by atoms with E-state index in [1.165, 1.54) is 12.1 Å². The molecule has 2 N–H and O–H groups in total. The van der Waals surface area contributed by atoms with Gasteiger partial charge in [0.15, 0.2) is 0 Å². The minimum Gasteiger partial charge on any atom is -0.340 e. The van der Waals surface area contributed by atoms with Crippen LogP contribution in [-0.4, -0.2) is 53.8 Å². The van der Waals surface area contributed by atoms with E-state index < -0.39 is 11.9 Å². The lowest BCUT2D eigenvalue weighted by molar-refractivity contribution is -0.132. The van der Waals surface area contributed by atoms with Gasteiger partial charge in [-0.3, -0.25) is 9.59 Å². The van der Waals surface area contributed by atoms with E-state index in [1.807, 2.05) is 13.8 Å². The maximum Gasteiger partial charge on any atom is 0.256 e. The molecule has 1 atom stereocenters. The lowest BCUT2D eigenvalue weighted by atomic mass is 10.0. The monoisotopic (exact) mass is 335 g/mol. The summed E-state index contributed by atoms with van der Waals surface area (Å²) in [6.45, 7) is 5.98. The van der Waals surface area contributed by atoms with Gasteiger partial charge in [0, 0.05) is 26.2 Å². The molecule has 24 heavy (non-hydrogen) atoms. The predicted octanol–water partition coefficient (Wildman–Crippen LogP) is 1.87. The number of rotatable bonds is 4. The summed E-state index contributed by atoms with van der Waals surface area (Å²) in [7, 11) is 0. The third-order valence-corrected chi connectivity index (χ3v) is 4.24. The Labute approximate surface area is 142 Å². The van der Waals surface area contributed by atoms with Gasteiger partial charge in [-0.1, -0.05) is 26.0 Å². The van der Waals surface area contributed by atoms with Crippen molar-refractivity contribution >= 4 is 11.8 Å². The highest BCUT2D eigenvalue weighted by Crippen LogP contribution is 2.14. The second-order valence-corrected chi connectivity index (χ2v) is 6.69. The van der Waals surface area contributed by atoms with Crippen LogP contribution in [0.2, 0.25) is 0 Å². The molecule has 5 nitrogen and oxygen atoms in total. The third kappa shape index (κ3) is 4.54. The number of nitrogens with two attached hydrogens (primary N) is 1. The van der Waals surface area contributed by atoms with Crippen LogP contribution in [0.3, 0.4) is 0 Å². The van der Waals surface area contributed by atoms with Gasteiger partial charge in [0.05, 0.1) is 11.6 Å². The summed E-state index contributed by atoms with van der Waals surface area (Å²) < 4.78 is 13.8. The average Bonchev–Trinajstić information content (AvgIpc) is 2.79. The first-order valence-electron chi connectivity index (χ1n) is 8.48. The molecule has 132 valence electrons. The van der Waals surface area contributed by atoms with E-state index >= 15 is 0 Å². The first-order chi connectivity index (χ1) is 11.4. The van der Waals surface area contributed by atoms with Gasteiger partial charge in [-0.05, 0) is 30.9 Å². The Balaban J connectivity index is 1.99. The molecule has 0 spiro atoms. The molecule has 1 aromatic rings. The lowest BCUT2D eigenvalue weighted by Crippen LogP contribution is -2.46. The highest BCUT2D eigenvalue weighted by Gasteiger charge is 2.26. The zero-order valence-electron chi connectivity index (χ0n) is 14.4. The largest absolute Gasteiger partial charge is 0.340 e. The molecule has 2 amide bonds. The van der Waals surface area contributed by atoms with E-state index in [0.29, 0.717) is 44.9 Å². The van der Waals surface area contributed by atoms with E-state index in [1.54, 1.807) is 21.9 Å². The van der Waals surface area contributed by atoms with E-state index in [-0.39, 0.29) is 17.4 Å². The van der Waals surface area contributed by atoms with Crippen molar-refractivity contribution in [1.82, 2.24) is 9.80 Å². The van der Waals surface area contributed by atoms with Gasteiger partial charge >= 0.3 is 0 Å². The first kappa shape index (κ1) is 18.4. The number of halogens is 1. The fraction of sp³-hybridized carbons (Fsp3) is 0.556. The maximum atomic E-state index is 13.8. The normalized spacial score (nSPS) is 16.9. The number of nitrogens with zero attached hydrogens (tertiary/aromatic N) is 2. The molecule has 0 unspecified atom stereocenters. The van der Waals surface area contributed by atoms with E-state index in [2.05, 4.69) is 0 Å². The zero-order chi connectivity index (χ0) is 17.7. The van der Waals surface area contributed by atoms with Crippen LogP contribution in [0.5, 0.6) is 0 Å². The summed E-state index contributed by atoms with van der Waals surface area (Å²) in [6.07, 6.45) is 1.31. The average molecular weight is 335 g/mol. The van der Waals surface area contributed by atoms with Crippen LogP contribution < -0.4 is 5.73 Å². The molecule has 1 aliphatic rings. The minimum absolute atomic E-state index is 0.0658. The van der Waals surface area contributed by atoms with Crippen molar-refractivity contribution in [3.63, 3.8) is 0 Å². The number of hydrogen-bond donors (Lipinski definition) is 1. The van der Waals surface area contributed by atoms with Crippen molar-refractivity contribution in [2.75, 3.05) is 26.2 Å². The smallest absolute Gasteiger partial charge is 0.256 e. The summed E-state index contributed by atoms with van der Waals surface area (Å²) in [5.41, 5.74) is 6.06. The number of carbonyl (C=O) groups excluding carboxylic acids is 2. The summed E-state index contributed by atoms with van der Waals surface area (Å²) in [4.78, 5) is 28.2. The Morgan fingerprint density at radius 3 is 2.42 bits per heavy atom. The van der Waals surface area contributed by atoms with Gasteiger partial charge in [-0.25, -0.2) is 4.39 Å². The summed E-state index contributed by atoms with van der Waals surface area (Å²) in [5.74, 6) is -0.550. The maximum absolute atomic E-state index is 13.8. The second kappa shape index (κ2) is 8.24. The Morgan fingerprint density at radius 1 is 1.12 bits per heavy atom. The summed E-state index contributed by atoms with van der Waals surface area (Å²) >= 11 is 0. The van der Waals surface area contributed by atoms with Crippen LogP contribution in [0.4, 0.5) is 4.39 Å². The molecule has 1 aromatic carbocycles. The quantitative estimate of drug-likeness (QED) is 0.913. The van der Waals surface area contributed by atoms with Gasteiger partial charge < -0.3 is 15.5 Å². The van der Waals surface area contributed by atoms with Crippen LogP contribution in [0.1, 0.15) is 37.0 Å². The number of benzene rings is 1. The van der Waals surface area contributed by atoms with Crippen LogP contribution in [-0.2, 0) is 4.79 Å². The Kier molecular flexibility index (Phi) is 6.31. The molecule has 0 aromatic heterocycles. The van der Waals surface area contributed by atoms with Crippen molar-refractivity contribution in [2.24, 2.45) is 11.7 Å². The fourth-order valence-corrected chi connectivity index (χ4v) is 2.99. The van der Waals surface area contributed by atoms with Crippen molar-refractivity contribution in [2.45, 2.75) is 32.7 Å². The molecule has 1 saturated heterocycles. The SMILES string of the molecule is CC(C)C[C@H](N)C(=O)N1CCCN(C(=O)c2ccccc2F)CC1. The number of amides is 2. The molecule has 1 fully saturated rings. The van der Waals surface area contributed by atoms with Crippen molar-refractivity contribution < 1.29 is 14.0 Å². The highest BCUT2D eigenvalue weighted by molar-refractivity contribution is 5.94. The van der Waals surface area contributed by atoms with Crippen molar-refractivity contribution in [3.05, 3.63) is 35.6 Å². The van der Waals surface area contributed by atoms with E-state index in [0.717, 1.165) is 0 Å². The molecule has 1 heterocycles. The predicted molar refractivity (Wildman–Crippen MR) is 90.9 cm³/mol. The van der Waals surface area contributed by atoms with E-state index in [4.69, 9.17) is 5.73 Å². The zero-order valence-corrected chi connectivity index (χ0v) is 14.4. The number of hydrogen-bond acceptors (Lipinski definition) is 3. The molecule has 2 rings (SSSR count).